The molecule has 1 rings (SSSR count). The van der Waals surface area contributed by atoms with Crippen LogP contribution in [0.3, 0.4) is 0 Å². The zero-order valence-electron chi connectivity index (χ0n) is 6.39. The monoisotopic (exact) mass is 164 g/mol. The second kappa shape index (κ2) is 3.75. The number of nitrogens with one attached hydrogen (secondary N) is 2. The first-order chi connectivity index (χ1) is 4.61. The zero-order chi connectivity index (χ0) is 7.72. The Morgan fingerprint density at radius 1 is 1.27 bits per heavy atom. The van der Waals surface area contributed by atoms with Crippen molar-refractivity contribution in [3.63, 3.8) is 0 Å². The van der Waals surface area contributed by atoms with E-state index in [-0.39, 0.29) is 35.2 Å². The van der Waals surface area contributed by atoms with Gasteiger partial charge in [-0.05, 0) is 6.92 Å². The number of H-pyrrole nitrogens is 2. The van der Waals surface area contributed by atoms with Gasteiger partial charge >= 0.3 is 5.69 Å². The molecule has 0 aliphatic carbocycles. The van der Waals surface area contributed by atoms with Crippen LogP contribution in [0.25, 0.3) is 0 Å². The Bertz CT molecular complexity index is 353. The molecule has 4 N–H and O–H groups in total. The minimum absolute atomic E-state index is 0. The van der Waals surface area contributed by atoms with Crippen LogP contribution in [0.1, 0.15) is 5.69 Å². The van der Waals surface area contributed by atoms with Gasteiger partial charge in [-0.2, -0.15) is 0 Å². The van der Waals surface area contributed by atoms with Crippen molar-refractivity contribution in [1.82, 2.24) is 9.97 Å². The van der Waals surface area contributed by atoms with E-state index in [1.165, 1.54) is 0 Å². The van der Waals surface area contributed by atoms with E-state index in [1.807, 2.05) is 4.98 Å². The topological polar surface area (TPSA) is 91.7 Å². The molecular weight excluding hydrogens is 157 g/mol. The Hall–Kier alpha value is -0.520. The van der Waals surface area contributed by atoms with Crippen LogP contribution < -0.4 is 17.0 Å². The molecule has 6 heteroatoms. The average molecular weight is 164 g/mol. The Morgan fingerprint density at radius 3 is 2.27 bits per heavy atom. The third-order valence-corrected chi connectivity index (χ3v) is 1.18. The maximum atomic E-state index is 10.7. The van der Waals surface area contributed by atoms with Crippen molar-refractivity contribution in [2.75, 3.05) is 5.73 Å². The van der Waals surface area contributed by atoms with E-state index in [1.54, 1.807) is 6.92 Å². The summed E-state index contributed by atoms with van der Waals surface area (Å²) < 4.78 is 0. The van der Waals surface area contributed by atoms with Gasteiger partial charge in [-0.3, -0.25) is 9.78 Å². The maximum absolute atomic E-state index is 10.7. The van der Waals surface area contributed by atoms with Crippen molar-refractivity contribution in [1.29, 1.82) is 0 Å². The summed E-state index contributed by atoms with van der Waals surface area (Å²) in [4.78, 5) is 25.5. The number of nitrogen functional groups attached to an aromatic ring is 1. The fourth-order valence-corrected chi connectivity index (χ4v) is 0.610. The van der Waals surface area contributed by atoms with Gasteiger partial charge in [-0.25, -0.2) is 4.79 Å². The molecule has 1 heterocycles. The van der Waals surface area contributed by atoms with E-state index < -0.39 is 11.2 Å². The molecule has 1 aromatic heterocycles. The summed E-state index contributed by atoms with van der Waals surface area (Å²) in [6, 6.07) is 0. The molecule has 0 fully saturated rings. The van der Waals surface area contributed by atoms with Gasteiger partial charge in [0.25, 0.3) is 5.56 Å². The van der Waals surface area contributed by atoms with Crippen LogP contribution in [0.4, 0.5) is 5.69 Å². The van der Waals surface area contributed by atoms with Gasteiger partial charge in [0, 0.05) is 35.3 Å². The summed E-state index contributed by atoms with van der Waals surface area (Å²) in [7, 11) is 0. The first-order valence-electron chi connectivity index (χ1n) is 2.70. The van der Waals surface area contributed by atoms with Crippen LogP contribution >= 0.6 is 0 Å². The van der Waals surface area contributed by atoms with Crippen molar-refractivity contribution in [2.45, 2.75) is 6.92 Å². The van der Waals surface area contributed by atoms with Crippen LogP contribution in [0.5, 0.6) is 0 Å². The first-order valence-corrected chi connectivity index (χ1v) is 2.70. The number of hydrogen-bond donors (Lipinski definition) is 3. The van der Waals surface area contributed by atoms with Crippen LogP contribution in [0.15, 0.2) is 9.59 Å². The second-order valence-electron chi connectivity index (χ2n) is 1.95. The smallest absolute Gasteiger partial charge is 0.326 e. The Morgan fingerprint density at radius 2 is 1.82 bits per heavy atom. The largest absolute Gasteiger partial charge is 0.393 e. The maximum Gasteiger partial charge on any atom is 0.326 e. The van der Waals surface area contributed by atoms with E-state index in [0.29, 0.717) is 5.69 Å². The van der Waals surface area contributed by atoms with Crippen LogP contribution in [-0.4, -0.2) is 39.5 Å². The Kier molecular flexibility index (Phi) is 3.57. The molecule has 0 bridgehead atoms. The van der Waals surface area contributed by atoms with Gasteiger partial charge in [-0.15, -0.1) is 0 Å². The first kappa shape index (κ1) is 10.5. The van der Waals surface area contributed by atoms with Gasteiger partial charge in [0.2, 0.25) is 0 Å². The minimum atomic E-state index is -0.541. The normalized spacial score (nSPS) is 8.82. The van der Waals surface area contributed by atoms with Crippen molar-refractivity contribution >= 4 is 35.2 Å². The summed E-state index contributed by atoms with van der Waals surface area (Å²) in [6.45, 7) is 1.56. The molecule has 11 heavy (non-hydrogen) atoms. The Balaban J connectivity index is 0.000001000. The predicted octanol–water partition coefficient (Wildman–Crippen LogP) is -1.43. The summed E-state index contributed by atoms with van der Waals surface area (Å²) >= 11 is 0. The van der Waals surface area contributed by atoms with Gasteiger partial charge < -0.3 is 10.7 Å². The average Bonchev–Trinajstić information content (AvgIpc) is 1.82. The second-order valence-corrected chi connectivity index (χ2v) is 1.95. The third-order valence-electron chi connectivity index (χ3n) is 1.18. The molecule has 5 nitrogen and oxygen atoms in total. The number of anilines is 1. The fraction of sp³-hybridized carbons (Fsp3) is 0.200. The summed E-state index contributed by atoms with van der Waals surface area (Å²) in [5.41, 5.74) is 4.62. The number of aryl methyl sites for hydroxylation is 1. The number of rotatable bonds is 0. The molecule has 1 aromatic rings. The van der Waals surface area contributed by atoms with E-state index in [0.717, 1.165) is 0 Å². The zero-order valence-corrected chi connectivity index (χ0v) is 8.39. The number of aromatic amines is 2. The molecular formula is C5H7N3NaO2. The molecule has 0 spiro atoms. The number of aromatic nitrogens is 2. The summed E-state index contributed by atoms with van der Waals surface area (Å²) in [5, 5.41) is 0. The van der Waals surface area contributed by atoms with Crippen molar-refractivity contribution in [3.8, 4) is 0 Å². The molecule has 0 aliphatic rings. The SMILES string of the molecule is Cc1[nH]c(=O)[nH]c(=O)c1N.[Na]. The van der Waals surface area contributed by atoms with E-state index in [4.69, 9.17) is 5.73 Å². The van der Waals surface area contributed by atoms with Crippen LogP contribution in [-0.2, 0) is 0 Å². The van der Waals surface area contributed by atoms with Gasteiger partial charge in [0.1, 0.15) is 5.69 Å². The standard InChI is InChI=1S/C5H7N3O2.Na/c1-2-3(6)4(9)8-5(10)7-2;/h6H2,1H3,(H2,7,8,9,10);. The quantitative estimate of drug-likeness (QED) is 0.410. The molecule has 0 unspecified atom stereocenters. The third kappa shape index (κ3) is 2.21. The minimum Gasteiger partial charge on any atom is -0.393 e. The fourth-order valence-electron chi connectivity index (χ4n) is 0.610. The predicted molar refractivity (Wildman–Crippen MR) is 42.6 cm³/mol. The molecule has 0 aliphatic heterocycles. The van der Waals surface area contributed by atoms with Crippen molar-refractivity contribution < 1.29 is 0 Å². The molecule has 0 saturated carbocycles. The molecule has 0 amide bonds. The molecule has 0 atom stereocenters. The number of nitrogens with two attached hydrogens (primary N) is 1. The van der Waals surface area contributed by atoms with Gasteiger partial charge in [0.05, 0.1) is 0 Å². The van der Waals surface area contributed by atoms with E-state index in [9.17, 15) is 9.59 Å². The molecule has 55 valence electrons. The van der Waals surface area contributed by atoms with E-state index >= 15 is 0 Å². The molecule has 1 radical (unpaired) electrons. The van der Waals surface area contributed by atoms with Crippen LogP contribution in [0.2, 0.25) is 0 Å². The van der Waals surface area contributed by atoms with E-state index in [2.05, 4.69) is 4.98 Å². The van der Waals surface area contributed by atoms with Crippen molar-refractivity contribution in [2.24, 2.45) is 0 Å². The summed E-state index contributed by atoms with van der Waals surface area (Å²) in [5.74, 6) is 0. The summed E-state index contributed by atoms with van der Waals surface area (Å²) in [6.07, 6.45) is 0. The van der Waals surface area contributed by atoms with Crippen LogP contribution in [0, 0.1) is 6.92 Å². The van der Waals surface area contributed by atoms with Gasteiger partial charge in [-0.1, -0.05) is 0 Å². The number of hydrogen-bond acceptors (Lipinski definition) is 3. The molecule has 0 saturated heterocycles. The van der Waals surface area contributed by atoms with Crippen molar-refractivity contribution in [3.05, 3.63) is 26.5 Å². The van der Waals surface area contributed by atoms with Gasteiger partial charge in [0.15, 0.2) is 0 Å². The molecule has 0 aromatic carbocycles. The Labute approximate surface area is 84.3 Å².